The normalized spacial score (nSPS) is 22.8. The summed E-state index contributed by atoms with van der Waals surface area (Å²) in [5.41, 5.74) is 0.507. The van der Waals surface area contributed by atoms with Gasteiger partial charge in [0.1, 0.15) is 11.8 Å². The van der Waals surface area contributed by atoms with Crippen LogP contribution >= 0.6 is 0 Å². The van der Waals surface area contributed by atoms with Crippen molar-refractivity contribution in [3.8, 4) is 0 Å². The van der Waals surface area contributed by atoms with Crippen LogP contribution in [0.5, 0.6) is 0 Å². The Morgan fingerprint density at radius 1 is 1.50 bits per heavy atom. The summed E-state index contributed by atoms with van der Waals surface area (Å²) in [4.78, 5) is 25.4. The van der Waals surface area contributed by atoms with E-state index in [1.165, 1.54) is 11.2 Å². The number of carboxylic acid groups (broad SMARTS) is 1. The maximum Gasteiger partial charge on any atom is 0.326 e. The van der Waals surface area contributed by atoms with Crippen molar-refractivity contribution in [2.75, 3.05) is 6.54 Å². The third-order valence-electron chi connectivity index (χ3n) is 3.86. The van der Waals surface area contributed by atoms with E-state index >= 15 is 0 Å². The van der Waals surface area contributed by atoms with Crippen LogP contribution in [0.2, 0.25) is 0 Å². The van der Waals surface area contributed by atoms with Gasteiger partial charge in [0.15, 0.2) is 0 Å². The molecule has 1 amide bonds. The lowest BCUT2D eigenvalue weighted by Gasteiger charge is -2.35. The van der Waals surface area contributed by atoms with Crippen molar-refractivity contribution in [1.82, 2.24) is 4.90 Å². The van der Waals surface area contributed by atoms with Crippen molar-refractivity contribution in [3.63, 3.8) is 0 Å². The van der Waals surface area contributed by atoms with E-state index < -0.39 is 12.0 Å². The largest absolute Gasteiger partial charge is 0.480 e. The van der Waals surface area contributed by atoms with Crippen molar-refractivity contribution < 1.29 is 19.1 Å². The van der Waals surface area contributed by atoms with Gasteiger partial charge in [-0.3, -0.25) is 4.79 Å². The highest BCUT2D eigenvalue weighted by molar-refractivity contribution is 5.97. The number of carboxylic acids is 1. The van der Waals surface area contributed by atoms with Crippen LogP contribution < -0.4 is 0 Å². The topological polar surface area (TPSA) is 70.8 Å². The Morgan fingerprint density at radius 2 is 2.25 bits per heavy atom. The van der Waals surface area contributed by atoms with Gasteiger partial charge in [-0.15, -0.1) is 0 Å². The number of rotatable bonds is 4. The molecular formula is C15H21NO4. The molecule has 20 heavy (non-hydrogen) atoms. The van der Waals surface area contributed by atoms with E-state index in [4.69, 9.17) is 4.42 Å². The lowest BCUT2D eigenvalue weighted by molar-refractivity contribution is -0.144. The maximum atomic E-state index is 12.6. The fourth-order valence-corrected chi connectivity index (χ4v) is 2.73. The SMILES string of the molecule is CCCc1occc1C(=O)N1CCC(C)CC1C(=O)O. The molecule has 2 rings (SSSR count). The zero-order chi connectivity index (χ0) is 14.7. The van der Waals surface area contributed by atoms with Crippen LogP contribution in [-0.4, -0.2) is 34.5 Å². The van der Waals surface area contributed by atoms with E-state index in [1.807, 2.05) is 13.8 Å². The molecule has 2 unspecified atom stereocenters. The first-order chi connectivity index (χ1) is 9.54. The Labute approximate surface area is 118 Å². The zero-order valence-electron chi connectivity index (χ0n) is 12.0. The Morgan fingerprint density at radius 3 is 2.90 bits per heavy atom. The number of amides is 1. The second kappa shape index (κ2) is 6.11. The van der Waals surface area contributed by atoms with Crippen LogP contribution in [0.1, 0.15) is 49.2 Å². The van der Waals surface area contributed by atoms with Crippen LogP contribution in [0.15, 0.2) is 16.7 Å². The number of carbonyl (C=O) groups is 2. The number of piperidine rings is 1. The van der Waals surface area contributed by atoms with Crippen molar-refractivity contribution in [3.05, 3.63) is 23.7 Å². The van der Waals surface area contributed by atoms with Gasteiger partial charge in [0.2, 0.25) is 0 Å². The molecule has 0 radical (unpaired) electrons. The second-order valence-electron chi connectivity index (χ2n) is 5.49. The minimum atomic E-state index is -0.926. The van der Waals surface area contributed by atoms with Gasteiger partial charge in [-0.25, -0.2) is 4.79 Å². The number of aryl methyl sites for hydroxylation is 1. The monoisotopic (exact) mass is 279 g/mol. The number of hydrogen-bond donors (Lipinski definition) is 1. The highest BCUT2D eigenvalue weighted by Crippen LogP contribution is 2.26. The highest BCUT2D eigenvalue weighted by Gasteiger charge is 2.36. The smallest absolute Gasteiger partial charge is 0.326 e. The van der Waals surface area contributed by atoms with E-state index in [2.05, 4.69) is 0 Å². The second-order valence-corrected chi connectivity index (χ2v) is 5.49. The first-order valence-electron chi connectivity index (χ1n) is 7.14. The lowest BCUT2D eigenvalue weighted by Crippen LogP contribution is -2.49. The predicted octanol–water partition coefficient (Wildman–Crippen LogP) is 2.56. The van der Waals surface area contributed by atoms with E-state index in [-0.39, 0.29) is 5.91 Å². The quantitative estimate of drug-likeness (QED) is 0.919. The van der Waals surface area contributed by atoms with Crippen LogP contribution in [-0.2, 0) is 11.2 Å². The summed E-state index contributed by atoms with van der Waals surface area (Å²) in [6.45, 7) is 4.53. The van der Waals surface area contributed by atoms with Crippen molar-refractivity contribution in [2.24, 2.45) is 5.92 Å². The number of hydrogen-bond acceptors (Lipinski definition) is 3. The van der Waals surface area contributed by atoms with Crippen LogP contribution in [0.3, 0.4) is 0 Å². The minimum absolute atomic E-state index is 0.221. The molecule has 110 valence electrons. The van der Waals surface area contributed by atoms with E-state index in [0.29, 0.717) is 36.6 Å². The summed E-state index contributed by atoms with van der Waals surface area (Å²) < 4.78 is 5.34. The fraction of sp³-hybridized carbons (Fsp3) is 0.600. The van der Waals surface area contributed by atoms with E-state index in [9.17, 15) is 14.7 Å². The molecule has 1 aromatic rings. The summed E-state index contributed by atoms with van der Waals surface area (Å²) in [5, 5.41) is 9.33. The number of carbonyl (C=O) groups excluding carboxylic acids is 1. The van der Waals surface area contributed by atoms with Gasteiger partial charge in [-0.2, -0.15) is 0 Å². The minimum Gasteiger partial charge on any atom is -0.480 e. The van der Waals surface area contributed by atoms with Crippen molar-refractivity contribution in [2.45, 2.75) is 45.6 Å². The van der Waals surface area contributed by atoms with E-state index in [0.717, 1.165) is 12.8 Å². The fourth-order valence-electron chi connectivity index (χ4n) is 2.73. The molecule has 2 heterocycles. The van der Waals surface area contributed by atoms with Crippen LogP contribution in [0.25, 0.3) is 0 Å². The summed E-state index contributed by atoms with van der Waals surface area (Å²) in [6, 6.07) is 0.917. The Bertz CT molecular complexity index is 494. The van der Waals surface area contributed by atoms with Gasteiger partial charge >= 0.3 is 5.97 Å². The van der Waals surface area contributed by atoms with Crippen LogP contribution in [0.4, 0.5) is 0 Å². The molecule has 0 aromatic carbocycles. The summed E-state index contributed by atoms with van der Waals surface area (Å²) in [6.07, 6.45) is 4.43. The number of likely N-dealkylation sites (tertiary alicyclic amines) is 1. The van der Waals surface area contributed by atoms with Gasteiger partial charge in [-0.05, 0) is 31.2 Å². The first kappa shape index (κ1) is 14.6. The summed E-state index contributed by atoms with van der Waals surface area (Å²) >= 11 is 0. The van der Waals surface area contributed by atoms with Gasteiger partial charge in [-0.1, -0.05) is 13.8 Å². The van der Waals surface area contributed by atoms with Gasteiger partial charge in [0.25, 0.3) is 5.91 Å². The van der Waals surface area contributed by atoms with Gasteiger partial charge in [0.05, 0.1) is 11.8 Å². The maximum absolute atomic E-state index is 12.6. The zero-order valence-corrected chi connectivity index (χ0v) is 12.0. The summed E-state index contributed by atoms with van der Waals surface area (Å²) in [7, 11) is 0. The predicted molar refractivity (Wildman–Crippen MR) is 73.6 cm³/mol. The van der Waals surface area contributed by atoms with E-state index in [1.54, 1.807) is 6.07 Å². The molecular weight excluding hydrogens is 258 g/mol. The Kier molecular flexibility index (Phi) is 4.47. The molecule has 0 spiro atoms. The third-order valence-corrected chi connectivity index (χ3v) is 3.86. The summed E-state index contributed by atoms with van der Waals surface area (Å²) in [5.74, 6) is -0.160. The average Bonchev–Trinajstić information content (AvgIpc) is 2.86. The third kappa shape index (κ3) is 2.86. The molecule has 1 aromatic heterocycles. The molecule has 1 aliphatic heterocycles. The molecule has 5 nitrogen and oxygen atoms in total. The standard InChI is InChI=1S/C15H21NO4/c1-3-4-13-11(6-8-20-13)14(17)16-7-5-10(2)9-12(16)15(18)19/h6,8,10,12H,3-5,7,9H2,1-2H3,(H,18,19). The molecule has 2 atom stereocenters. The van der Waals surface area contributed by atoms with Gasteiger partial charge in [0, 0.05) is 13.0 Å². The first-order valence-corrected chi connectivity index (χ1v) is 7.14. The van der Waals surface area contributed by atoms with Crippen LogP contribution in [0, 0.1) is 5.92 Å². The number of furan rings is 1. The van der Waals surface area contributed by atoms with Gasteiger partial charge < -0.3 is 14.4 Å². The molecule has 0 bridgehead atoms. The average molecular weight is 279 g/mol. The Hall–Kier alpha value is -1.78. The van der Waals surface area contributed by atoms with Crippen molar-refractivity contribution >= 4 is 11.9 Å². The molecule has 0 saturated carbocycles. The highest BCUT2D eigenvalue weighted by atomic mass is 16.4. The Balaban J connectivity index is 2.22. The van der Waals surface area contributed by atoms with Crippen molar-refractivity contribution in [1.29, 1.82) is 0 Å². The molecule has 5 heteroatoms. The lowest BCUT2D eigenvalue weighted by atomic mass is 9.92. The molecule has 0 aliphatic carbocycles. The number of nitrogens with zero attached hydrogens (tertiary/aromatic N) is 1. The molecule has 1 fully saturated rings. The number of aliphatic carboxylic acids is 1. The molecule has 1 saturated heterocycles. The molecule has 1 aliphatic rings. The molecule has 1 N–H and O–H groups in total.